The minimum Gasteiger partial charge on any atom is -0.399 e. The molecule has 0 saturated heterocycles. The molecule has 0 fully saturated rings. The number of nitrogens with two attached hydrogens (primary N) is 1. The highest BCUT2D eigenvalue weighted by molar-refractivity contribution is 7.99. The molecule has 1 rings (SSSR count). The third kappa shape index (κ3) is 4.20. The van der Waals surface area contributed by atoms with Gasteiger partial charge >= 0.3 is 0 Å². The zero-order chi connectivity index (χ0) is 9.52. The topological polar surface area (TPSA) is 35.2 Å². The number of anilines is 1. The molecule has 1 aromatic rings. The molecule has 2 nitrogen and oxygen atoms in total. The summed E-state index contributed by atoms with van der Waals surface area (Å²) in [7, 11) is 1.73. The average molecular weight is 197 g/mol. The summed E-state index contributed by atoms with van der Waals surface area (Å²) in [5.41, 5.74) is 6.39. The zero-order valence-corrected chi connectivity index (χ0v) is 8.64. The van der Waals surface area contributed by atoms with Crippen molar-refractivity contribution in [1.29, 1.82) is 0 Å². The van der Waals surface area contributed by atoms with E-state index in [1.54, 1.807) is 7.11 Å². The minimum absolute atomic E-state index is 0.821. The van der Waals surface area contributed by atoms with Gasteiger partial charge in [-0.1, -0.05) is 0 Å². The van der Waals surface area contributed by atoms with E-state index in [4.69, 9.17) is 10.5 Å². The van der Waals surface area contributed by atoms with Crippen molar-refractivity contribution in [3.8, 4) is 0 Å². The molecule has 0 aliphatic heterocycles. The second-order valence-electron chi connectivity index (χ2n) is 2.76. The largest absolute Gasteiger partial charge is 0.399 e. The first-order valence-electron chi connectivity index (χ1n) is 4.30. The Labute approximate surface area is 83.5 Å². The molecule has 0 unspecified atom stereocenters. The normalized spacial score (nSPS) is 10.2. The Kier molecular flexibility index (Phi) is 4.72. The van der Waals surface area contributed by atoms with E-state index in [2.05, 4.69) is 0 Å². The first-order chi connectivity index (χ1) is 6.33. The Morgan fingerprint density at radius 3 is 2.62 bits per heavy atom. The van der Waals surface area contributed by atoms with E-state index in [-0.39, 0.29) is 0 Å². The van der Waals surface area contributed by atoms with Gasteiger partial charge in [0.1, 0.15) is 0 Å². The van der Waals surface area contributed by atoms with E-state index in [1.807, 2.05) is 36.0 Å². The quantitative estimate of drug-likeness (QED) is 0.447. The number of hydrogen-bond donors (Lipinski definition) is 1. The zero-order valence-electron chi connectivity index (χ0n) is 7.82. The van der Waals surface area contributed by atoms with Crippen LogP contribution in [0.5, 0.6) is 0 Å². The fourth-order valence-corrected chi connectivity index (χ4v) is 1.78. The van der Waals surface area contributed by atoms with Crippen molar-refractivity contribution in [3.63, 3.8) is 0 Å². The van der Waals surface area contributed by atoms with Crippen molar-refractivity contribution in [2.75, 3.05) is 25.2 Å². The third-order valence-corrected chi connectivity index (χ3v) is 2.74. The molecule has 3 heteroatoms. The molecular weight excluding hydrogens is 182 g/mol. The number of ether oxygens (including phenoxy) is 1. The van der Waals surface area contributed by atoms with Crippen LogP contribution in [0, 0.1) is 0 Å². The lowest BCUT2D eigenvalue weighted by molar-refractivity contribution is 0.200. The summed E-state index contributed by atoms with van der Waals surface area (Å²) in [5, 5.41) is 0. The SMILES string of the molecule is COCCCSc1ccc(N)cc1. The van der Waals surface area contributed by atoms with Gasteiger partial charge in [0.2, 0.25) is 0 Å². The van der Waals surface area contributed by atoms with Gasteiger partial charge in [-0.15, -0.1) is 11.8 Å². The van der Waals surface area contributed by atoms with Crippen LogP contribution < -0.4 is 5.73 Å². The summed E-state index contributed by atoms with van der Waals surface area (Å²) in [6.45, 7) is 0.835. The molecule has 1 aromatic carbocycles. The number of methoxy groups -OCH3 is 1. The van der Waals surface area contributed by atoms with Crippen LogP contribution in [-0.4, -0.2) is 19.5 Å². The lowest BCUT2D eigenvalue weighted by Gasteiger charge is -2.01. The molecular formula is C10H15NOS. The van der Waals surface area contributed by atoms with E-state index >= 15 is 0 Å². The van der Waals surface area contributed by atoms with Crippen LogP contribution in [0.2, 0.25) is 0 Å². The average Bonchev–Trinajstić information content (AvgIpc) is 2.15. The van der Waals surface area contributed by atoms with Crippen LogP contribution in [0.4, 0.5) is 5.69 Å². The van der Waals surface area contributed by atoms with Gasteiger partial charge in [0.15, 0.2) is 0 Å². The molecule has 72 valence electrons. The first kappa shape index (κ1) is 10.4. The summed E-state index contributed by atoms with van der Waals surface area (Å²) >= 11 is 1.83. The van der Waals surface area contributed by atoms with Crippen LogP contribution in [-0.2, 0) is 4.74 Å². The molecule has 0 spiro atoms. The fraction of sp³-hybridized carbons (Fsp3) is 0.400. The van der Waals surface area contributed by atoms with Gasteiger partial charge in [-0.2, -0.15) is 0 Å². The molecule has 0 aliphatic carbocycles. The van der Waals surface area contributed by atoms with Crippen molar-refractivity contribution in [3.05, 3.63) is 24.3 Å². The second kappa shape index (κ2) is 5.89. The van der Waals surface area contributed by atoms with Crippen LogP contribution in [0.3, 0.4) is 0 Å². The standard InChI is InChI=1S/C10H15NOS/c1-12-7-2-8-13-10-5-3-9(11)4-6-10/h3-6H,2,7-8,11H2,1H3. The molecule has 0 heterocycles. The van der Waals surface area contributed by atoms with E-state index in [1.165, 1.54) is 4.90 Å². The van der Waals surface area contributed by atoms with E-state index in [9.17, 15) is 0 Å². The minimum atomic E-state index is 0.821. The van der Waals surface area contributed by atoms with Crippen LogP contribution in [0.15, 0.2) is 29.2 Å². The Hall–Kier alpha value is -0.670. The van der Waals surface area contributed by atoms with Gasteiger partial charge in [-0.3, -0.25) is 0 Å². The number of nitrogen functional groups attached to an aromatic ring is 1. The van der Waals surface area contributed by atoms with Gasteiger partial charge in [-0.05, 0) is 30.7 Å². The van der Waals surface area contributed by atoms with E-state index < -0.39 is 0 Å². The van der Waals surface area contributed by atoms with Gasteiger partial charge in [0.25, 0.3) is 0 Å². The van der Waals surface area contributed by atoms with Crippen molar-refractivity contribution < 1.29 is 4.74 Å². The van der Waals surface area contributed by atoms with E-state index in [0.29, 0.717) is 0 Å². The van der Waals surface area contributed by atoms with Crippen LogP contribution >= 0.6 is 11.8 Å². The Balaban J connectivity index is 2.25. The van der Waals surface area contributed by atoms with Crippen LogP contribution in [0.25, 0.3) is 0 Å². The monoisotopic (exact) mass is 197 g/mol. The lowest BCUT2D eigenvalue weighted by Crippen LogP contribution is -1.90. The predicted octanol–water partition coefficient (Wildman–Crippen LogP) is 2.40. The van der Waals surface area contributed by atoms with Gasteiger partial charge < -0.3 is 10.5 Å². The highest BCUT2D eigenvalue weighted by atomic mass is 32.2. The molecule has 0 atom stereocenters. The van der Waals surface area contributed by atoms with Gasteiger partial charge in [-0.25, -0.2) is 0 Å². The Bertz CT molecular complexity index is 235. The summed E-state index contributed by atoms with van der Waals surface area (Å²) in [6.07, 6.45) is 1.09. The number of benzene rings is 1. The third-order valence-electron chi connectivity index (χ3n) is 1.64. The van der Waals surface area contributed by atoms with Crippen molar-refractivity contribution in [2.45, 2.75) is 11.3 Å². The smallest absolute Gasteiger partial charge is 0.0470 e. The van der Waals surface area contributed by atoms with Crippen molar-refractivity contribution in [1.82, 2.24) is 0 Å². The molecule has 0 bridgehead atoms. The number of hydrogen-bond acceptors (Lipinski definition) is 3. The maximum Gasteiger partial charge on any atom is 0.0470 e. The molecule has 0 radical (unpaired) electrons. The van der Waals surface area contributed by atoms with Crippen molar-refractivity contribution in [2.24, 2.45) is 0 Å². The molecule has 0 aliphatic rings. The molecule has 0 aromatic heterocycles. The number of rotatable bonds is 5. The molecule has 13 heavy (non-hydrogen) atoms. The van der Waals surface area contributed by atoms with Gasteiger partial charge in [0, 0.05) is 30.1 Å². The predicted molar refractivity (Wildman–Crippen MR) is 58.1 cm³/mol. The summed E-state index contributed by atoms with van der Waals surface area (Å²) in [6, 6.07) is 7.96. The highest BCUT2D eigenvalue weighted by Crippen LogP contribution is 2.19. The molecule has 0 amide bonds. The lowest BCUT2D eigenvalue weighted by atomic mass is 10.3. The number of thioether (sulfide) groups is 1. The van der Waals surface area contributed by atoms with Gasteiger partial charge in [0.05, 0.1) is 0 Å². The summed E-state index contributed by atoms with van der Waals surface area (Å²) < 4.78 is 4.97. The van der Waals surface area contributed by atoms with Crippen LogP contribution in [0.1, 0.15) is 6.42 Å². The maximum absolute atomic E-state index is 5.57. The summed E-state index contributed by atoms with van der Waals surface area (Å²) in [4.78, 5) is 1.27. The molecule has 0 saturated carbocycles. The second-order valence-corrected chi connectivity index (χ2v) is 3.93. The Morgan fingerprint density at radius 2 is 2.00 bits per heavy atom. The van der Waals surface area contributed by atoms with E-state index in [0.717, 1.165) is 24.5 Å². The fourth-order valence-electron chi connectivity index (χ4n) is 0.957. The Morgan fingerprint density at radius 1 is 1.31 bits per heavy atom. The molecule has 2 N–H and O–H groups in total. The van der Waals surface area contributed by atoms with Crippen molar-refractivity contribution >= 4 is 17.4 Å². The maximum atomic E-state index is 5.57. The highest BCUT2D eigenvalue weighted by Gasteiger charge is 1.93. The first-order valence-corrected chi connectivity index (χ1v) is 5.29. The summed E-state index contributed by atoms with van der Waals surface area (Å²) in [5.74, 6) is 1.09.